The standard InChI is InChI=1S/C24H24N2O6S/c1-3-31-20(27)17-14-33-23-24(25,30-2)22(29)26(23)18(17)21(28)32-19(15-10-6-4-7-11-15)16-12-8-5-9-13-16/h4-13,19,23H,3,14,25H2,1-2H3/t23-,24?/m0/s1. The fourth-order valence-corrected chi connectivity index (χ4v) is 5.22. The average molecular weight is 469 g/mol. The Morgan fingerprint density at radius 1 is 1.09 bits per heavy atom. The zero-order valence-corrected chi connectivity index (χ0v) is 19.0. The molecule has 0 bridgehead atoms. The molecular weight excluding hydrogens is 444 g/mol. The summed E-state index contributed by atoms with van der Waals surface area (Å²) in [6, 6.07) is 18.5. The van der Waals surface area contributed by atoms with Crippen molar-refractivity contribution in [2.75, 3.05) is 19.5 Å². The topological polar surface area (TPSA) is 108 Å². The maximum atomic E-state index is 13.5. The second kappa shape index (κ2) is 9.38. The Labute approximate surface area is 195 Å². The van der Waals surface area contributed by atoms with E-state index in [0.717, 1.165) is 11.1 Å². The van der Waals surface area contributed by atoms with Gasteiger partial charge in [0.15, 0.2) is 6.10 Å². The molecule has 2 aliphatic rings. The molecular formula is C24H24N2O6S. The minimum Gasteiger partial charge on any atom is -0.463 e. The van der Waals surface area contributed by atoms with Crippen molar-refractivity contribution in [3.8, 4) is 0 Å². The number of hydrogen-bond acceptors (Lipinski definition) is 8. The molecule has 2 heterocycles. The van der Waals surface area contributed by atoms with E-state index in [1.54, 1.807) is 6.92 Å². The minimum atomic E-state index is -1.57. The molecule has 1 unspecified atom stereocenters. The van der Waals surface area contributed by atoms with Gasteiger partial charge in [0.25, 0.3) is 5.91 Å². The quantitative estimate of drug-likeness (QED) is 0.375. The van der Waals surface area contributed by atoms with E-state index in [4.69, 9.17) is 19.9 Å². The molecule has 1 amide bonds. The Kier molecular flexibility index (Phi) is 6.55. The number of carbonyl (C=O) groups is 3. The largest absolute Gasteiger partial charge is 0.463 e. The summed E-state index contributed by atoms with van der Waals surface area (Å²) in [5.41, 5.74) is 5.93. The van der Waals surface area contributed by atoms with E-state index in [-0.39, 0.29) is 23.6 Å². The summed E-state index contributed by atoms with van der Waals surface area (Å²) in [5.74, 6) is -1.98. The number of methoxy groups -OCH3 is 1. The van der Waals surface area contributed by atoms with Gasteiger partial charge in [-0.2, -0.15) is 0 Å². The third-order valence-corrected chi connectivity index (χ3v) is 6.88. The van der Waals surface area contributed by atoms with E-state index in [9.17, 15) is 14.4 Å². The highest BCUT2D eigenvalue weighted by atomic mass is 32.2. The third-order valence-electron chi connectivity index (χ3n) is 5.55. The van der Waals surface area contributed by atoms with Crippen molar-refractivity contribution in [2.45, 2.75) is 24.1 Å². The number of esters is 2. The first-order valence-electron chi connectivity index (χ1n) is 10.4. The van der Waals surface area contributed by atoms with Crippen LogP contribution in [0.5, 0.6) is 0 Å². The number of amides is 1. The Hall–Kier alpha value is -3.14. The maximum absolute atomic E-state index is 13.5. The Balaban J connectivity index is 1.73. The third kappa shape index (κ3) is 4.03. The van der Waals surface area contributed by atoms with Crippen LogP contribution in [0.1, 0.15) is 24.2 Å². The van der Waals surface area contributed by atoms with Crippen molar-refractivity contribution in [1.82, 2.24) is 4.90 Å². The summed E-state index contributed by atoms with van der Waals surface area (Å²) in [7, 11) is 1.33. The van der Waals surface area contributed by atoms with Gasteiger partial charge in [-0.05, 0) is 18.1 Å². The van der Waals surface area contributed by atoms with Crippen LogP contribution in [-0.4, -0.2) is 53.3 Å². The number of thioether (sulfide) groups is 1. The van der Waals surface area contributed by atoms with E-state index in [2.05, 4.69) is 0 Å². The van der Waals surface area contributed by atoms with Crippen molar-refractivity contribution in [2.24, 2.45) is 5.73 Å². The number of nitrogens with two attached hydrogens (primary N) is 1. The number of carbonyl (C=O) groups excluding carboxylic acids is 3. The molecule has 1 fully saturated rings. The lowest BCUT2D eigenvalue weighted by molar-refractivity contribution is -0.184. The summed E-state index contributed by atoms with van der Waals surface area (Å²) in [6.45, 7) is 1.79. The maximum Gasteiger partial charge on any atom is 0.356 e. The van der Waals surface area contributed by atoms with Crippen LogP contribution in [0.2, 0.25) is 0 Å². The molecule has 2 N–H and O–H groups in total. The van der Waals surface area contributed by atoms with E-state index >= 15 is 0 Å². The van der Waals surface area contributed by atoms with E-state index < -0.39 is 35.0 Å². The van der Waals surface area contributed by atoms with E-state index in [1.165, 1.54) is 23.8 Å². The van der Waals surface area contributed by atoms with Crippen molar-refractivity contribution in [3.63, 3.8) is 0 Å². The molecule has 0 aromatic heterocycles. The molecule has 2 aliphatic heterocycles. The molecule has 0 radical (unpaired) electrons. The van der Waals surface area contributed by atoms with Crippen molar-refractivity contribution in [3.05, 3.63) is 83.1 Å². The van der Waals surface area contributed by atoms with Crippen LogP contribution in [0.25, 0.3) is 0 Å². The fourth-order valence-electron chi connectivity index (χ4n) is 3.85. The van der Waals surface area contributed by atoms with Gasteiger partial charge in [-0.3, -0.25) is 15.4 Å². The number of hydrogen-bond donors (Lipinski definition) is 1. The van der Waals surface area contributed by atoms with Gasteiger partial charge in [0, 0.05) is 12.9 Å². The SMILES string of the molecule is CCOC(=O)C1=C(C(=O)OC(c2ccccc2)c2ccccc2)N2C(=O)C(N)(OC)[C@@H]2SC1. The molecule has 172 valence electrons. The van der Waals surface area contributed by atoms with Crippen LogP contribution in [0.3, 0.4) is 0 Å². The van der Waals surface area contributed by atoms with Crippen LogP contribution >= 0.6 is 11.8 Å². The Morgan fingerprint density at radius 3 is 2.18 bits per heavy atom. The highest BCUT2D eigenvalue weighted by Gasteiger charge is 2.64. The van der Waals surface area contributed by atoms with Crippen LogP contribution in [0, 0.1) is 0 Å². The monoisotopic (exact) mass is 468 g/mol. The number of ether oxygens (including phenoxy) is 3. The fraction of sp³-hybridized carbons (Fsp3) is 0.292. The minimum absolute atomic E-state index is 0.0643. The second-order valence-corrected chi connectivity index (χ2v) is 8.56. The zero-order valence-electron chi connectivity index (χ0n) is 18.2. The molecule has 0 spiro atoms. The molecule has 33 heavy (non-hydrogen) atoms. The molecule has 2 aromatic carbocycles. The van der Waals surface area contributed by atoms with E-state index in [1.807, 2.05) is 60.7 Å². The predicted octanol–water partition coefficient (Wildman–Crippen LogP) is 2.35. The van der Waals surface area contributed by atoms with Gasteiger partial charge in [0.1, 0.15) is 11.1 Å². The Morgan fingerprint density at radius 2 is 1.67 bits per heavy atom. The van der Waals surface area contributed by atoms with Crippen LogP contribution in [0.4, 0.5) is 0 Å². The van der Waals surface area contributed by atoms with Gasteiger partial charge < -0.3 is 14.2 Å². The van der Waals surface area contributed by atoms with Crippen molar-refractivity contribution < 1.29 is 28.6 Å². The van der Waals surface area contributed by atoms with Gasteiger partial charge in [-0.15, -0.1) is 11.8 Å². The smallest absolute Gasteiger partial charge is 0.356 e. The summed E-state index contributed by atoms with van der Waals surface area (Å²) in [6.07, 6.45) is -0.745. The number of benzene rings is 2. The van der Waals surface area contributed by atoms with Crippen LogP contribution < -0.4 is 5.73 Å². The first kappa shape index (κ1) is 23.0. The van der Waals surface area contributed by atoms with Gasteiger partial charge in [-0.25, -0.2) is 9.59 Å². The van der Waals surface area contributed by atoms with Crippen LogP contribution in [0.15, 0.2) is 71.9 Å². The first-order chi connectivity index (χ1) is 15.9. The molecule has 2 atom stereocenters. The lowest BCUT2D eigenvalue weighted by Gasteiger charge is -2.54. The lowest BCUT2D eigenvalue weighted by Crippen LogP contribution is -2.78. The molecule has 0 aliphatic carbocycles. The molecule has 0 saturated carbocycles. The van der Waals surface area contributed by atoms with E-state index in [0.29, 0.717) is 0 Å². The number of rotatable bonds is 7. The average Bonchev–Trinajstić information content (AvgIpc) is 2.86. The van der Waals surface area contributed by atoms with Gasteiger partial charge in [-0.1, -0.05) is 60.7 Å². The van der Waals surface area contributed by atoms with Crippen molar-refractivity contribution >= 4 is 29.6 Å². The molecule has 8 nitrogen and oxygen atoms in total. The van der Waals surface area contributed by atoms with Crippen LogP contribution in [-0.2, 0) is 28.6 Å². The van der Waals surface area contributed by atoms with Gasteiger partial charge in [0.2, 0.25) is 5.72 Å². The highest BCUT2D eigenvalue weighted by Crippen LogP contribution is 2.46. The first-order valence-corrected chi connectivity index (χ1v) is 11.5. The number of fused-ring (bicyclic) bond motifs is 1. The number of nitrogens with zero attached hydrogens (tertiary/aromatic N) is 1. The summed E-state index contributed by atoms with van der Waals surface area (Å²) in [4.78, 5) is 40.3. The van der Waals surface area contributed by atoms with Gasteiger partial charge in [0.05, 0.1) is 12.2 Å². The normalized spacial score (nSPS) is 22.0. The second-order valence-electron chi connectivity index (χ2n) is 7.49. The highest BCUT2D eigenvalue weighted by molar-refractivity contribution is 8.00. The number of β-lactam (4-membered cyclic amide) rings is 1. The predicted molar refractivity (Wildman–Crippen MR) is 121 cm³/mol. The summed E-state index contributed by atoms with van der Waals surface area (Å²) < 4.78 is 16.3. The molecule has 2 aromatic rings. The van der Waals surface area contributed by atoms with Gasteiger partial charge >= 0.3 is 11.9 Å². The Bertz CT molecular complexity index is 1050. The zero-order chi connectivity index (χ0) is 23.6. The summed E-state index contributed by atoms with van der Waals surface area (Å²) in [5, 5.41) is -0.664. The molecule has 4 rings (SSSR count). The molecule has 1 saturated heterocycles. The summed E-state index contributed by atoms with van der Waals surface area (Å²) >= 11 is 1.23. The molecule has 9 heteroatoms. The van der Waals surface area contributed by atoms with Crippen molar-refractivity contribution in [1.29, 1.82) is 0 Å². The lowest BCUT2D eigenvalue weighted by atomic mass is 9.99.